The average molecular weight is 442 g/mol. The Bertz CT molecular complexity index is 963. The van der Waals surface area contributed by atoms with Crippen LogP contribution in [-0.4, -0.2) is 23.2 Å². The number of benzene rings is 1. The van der Waals surface area contributed by atoms with Crippen molar-refractivity contribution >= 4 is 33.6 Å². The summed E-state index contributed by atoms with van der Waals surface area (Å²) in [5.41, 5.74) is 4.72. The van der Waals surface area contributed by atoms with Gasteiger partial charge in [0.25, 0.3) is 5.91 Å². The minimum Gasteiger partial charge on any atom is -0.376 e. The van der Waals surface area contributed by atoms with Crippen LogP contribution in [0.3, 0.4) is 0 Å². The van der Waals surface area contributed by atoms with Crippen molar-refractivity contribution in [3.63, 3.8) is 0 Å². The van der Waals surface area contributed by atoms with E-state index in [4.69, 9.17) is 4.74 Å². The molecule has 1 unspecified atom stereocenters. The van der Waals surface area contributed by atoms with E-state index in [0.29, 0.717) is 5.69 Å². The fourth-order valence-electron chi connectivity index (χ4n) is 3.51. The summed E-state index contributed by atoms with van der Waals surface area (Å²) >= 11 is 3.41. The van der Waals surface area contributed by atoms with Crippen molar-refractivity contribution < 1.29 is 9.53 Å². The number of anilines is 1. The Kier molecular flexibility index (Phi) is 6.38. The highest BCUT2D eigenvalue weighted by Gasteiger charge is 2.19. The maximum absolute atomic E-state index is 12.6. The molecule has 2 aromatic rings. The van der Waals surface area contributed by atoms with Gasteiger partial charge in [-0.25, -0.2) is 0 Å². The number of ether oxygens (including phenoxy) is 1. The van der Waals surface area contributed by atoms with Gasteiger partial charge in [0, 0.05) is 34.7 Å². The second kappa shape index (κ2) is 8.76. The number of amides is 1. The van der Waals surface area contributed by atoms with Gasteiger partial charge in [0.2, 0.25) is 0 Å². The number of hydrogen-bond donors (Lipinski definition) is 1. The Labute approximate surface area is 174 Å². The van der Waals surface area contributed by atoms with Gasteiger partial charge in [-0.3, -0.25) is 4.79 Å². The van der Waals surface area contributed by atoms with Gasteiger partial charge >= 0.3 is 0 Å². The number of aromatic nitrogens is 1. The van der Waals surface area contributed by atoms with E-state index < -0.39 is 5.91 Å². The van der Waals surface area contributed by atoms with Crippen LogP contribution in [0.25, 0.3) is 6.08 Å². The smallest absolute Gasteiger partial charge is 0.266 e. The lowest BCUT2D eigenvalue weighted by molar-refractivity contribution is -0.112. The van der Waals surface area contributed by atoms with Crippen LogP contribution in [-0.2, 0) is 16.1 Å². The Morgan fingerprint density at radius 3 is 2.82 bits per heavy atom. The summed E-state index contributed by atoms with van der Waals surface area (Å²) in [6.07, 6.45) is 4.07. The van der Waals surface area contributed by atoms with Crippen LogP contribution in [0.1, 0.15) is 35.4 Å². The van der Waals surface area contributed by atoms with Crippen molar-refractivity contribution in [3.8, 4) is 6.07 Å². The zero-order chi connectivity index (χ0) is 20.3. The molecule has 1 aromatic carbocycles. The topological polar surface area (TPSA) is 67.0 Å². The van der Waals surface area contributed by atoms with E-state index in [-0.39, 0.29) is 11.7 Å². The lowest BCUT2D eigenvalue weighted by Crippen LogP contribution is -2.17. The van der Waals surface area contributed by atoms with Gasteiger partial charge in [-0.15, -0.1) is 0 Å². The fourth-order valence-corrected chi connectivity index (χ4v) is 3.98. The monoisotopic (exact) mass is 441 g/mol. The minimum absolute atomic E-state index is 0.0830. The molecular weight excluding hydrogens is 418 g/mol. The molecule has 0 bridgehead atoms. The molecule has 1 fully saturated rings. The lowest BCUT2D eigenvalue weighted by atomic mass is 10.1. The van der Waals surface area contributed by atoms with Crippen LogP contribution >= 0.6 is 15.9 Å². The molecule has 1 saturated heterocycles. The predicted octanol–water partition coefficient (Wildman–Crippen LogP) is 4.90. The van der Waals surface area contributed by atoms with Crippen LogP contribution in [0, 0.1) is 32.1 Å². The number of aryl methyl sites for hydroxylation is 2. The summed E-state index contributed by atoms with van der Waals surface area (Å²) in [5, 5.41) is 12.4. The Hall–Kier alpha value is -2.36. The van der Waals surface area contributed by atoms with Gasteiger partial charge in [0.1, 0.15) is 11.6 Å². The predicted molar refractivity (Wildman–Crippen MR) is 114 cm³/mol. The van der Waals surface area contributed by atoms with Crippen LogP contribution < -0.4 is 5.32 Å². The molecule has 0 radical (unpaired) electrons. The first kappa shape index (κ1) is 20.4. The van der Waals surface area contributed by atoms with E-state index in [1.165, 1.54) is 0 Å². The highest BCUT2D eigenvalue weighted by atomic mass is 79.9. The third kappa shape index (κ3) is 4.54. The Morgan fingerprint density at radius 1 is 1.39 bits per heavy atom. The van der Waals surface area contributed by atoms with Crippen LogP contribution in [0.5, 0.6) is 0 Å². The van der Waals surface area contributed by atoms with E-state index in [0.717, 1.165) is 53.0 Å². The molecule has 146 valence electrons. The molecule has 1 atom stereocenters. The van der Waals surface area contributed by atoms with Crippen molar-refractivity contribution in [1.29, 1.82) is 5.26 Å². The van der Waals surface area contributed by atoms with Gasteiger partial charge in [0.15, 0.2) is 0 Å². The molecular formula is C22H24BrN3O2. The largest absolute Gasteiger partial charge is 0.376 e. The number of carbonyl (C=O) groups is 1. The van der Waals surface area contributed by atoms with Gasteiger partial charge in [-0.2, -0.15) is 5.26 Å². The summed E-state index contributed by atoms with van der Waals surface area (Å²) in [7, 11) is 0. The van der Waals surface area contributed by atoms with E-state index in [2.05, 4.69) is 25.8 Å². The zero-order valence-corrected chi connectivity index (χ0v) is 18.0. The minimum atomic E-state index is -0.406. The second-order valence-corrected chi connectivity index (χ2v) is 8.07. The molecule has 1 amide bonds. The normalized spacial score (nSPS) is 16.8. The van der Waals surface area contributed by atoms with E-state index >= 15 is 0 Å². The van der Waals surface area contributed by atoms with Crippen molar-refractivity contribution in [1.82, 2.24) is 4.57 Å². The van der Waals surface area contributed by atoms with Crippen molar-refractivity contribution in [2.75, 3.05) is 11.9 Å². The van der Waals surface area contributed by atoms with Crippen LogP contribution in [0.4, 0.5) is 5.69 Å². The summed E-state index contributed by atoms with van der Waals surface area (Å²) in [5.74, 6) is -0.406. The average Bonchev–Trinajstić information content (AvgIpc) is 3.26. The molecule has 1 aliphatic rings. The molecule has 1 N–H and O–H groups in total. The maximum atomic E-state index is 12.6. The number of nitrogens with zero attached hydrogens (tertiary/aromatic N) is 2. The summed E-state index contributed by atoms with van der Waals surface area (Å²) < 4.78 is 8.89. The van der Waals surface area contributed by atoms with Crippen molar-refractivity contribution in [2.24, 2.45) is 0 Å². The molecule has 2 heterocycles. The molecule has 3 rings (SSSR count). The van der Waals surface area contributed by atoms with Gasteiger partial charge in [-0.05, 0) is 75.1 Å². The van der Waals surface area contributed by atoms with E-state index in [1.54, 1.807) is 6.08 Å². The molecule has 0 saturated carbocycles. The molecule has 5 nitrogen and oxygen atoms in total. The second-order valence-electron chi connectivity index (χ2n) is 7.16. The third-order valence-electron chi connectivity index (χ3n) is 5.12. The third-order valence-corrected chi connectivity index (χ3v) is 5.62. The summed E-state index contributed by atoms with van der Waals surface area (Å²) in [6.45, 7) is 7.59. The molecule has 0 aliphatic carbocycles. The SMILES string of the molecule is Cc1cc(Br)ccc1NC(=O)/C(C#N)=C/c1cc(C)n(CC2CCCO2)c1C. The Morgan fingerprint density at radius 2 is 2.18 bits per heavy atom. The van der Waals surface area contributed by atoms with E-state index in [1.807, 2.05) is 51.1 Å². The first-order chi connectivity index (χ1) is 13.4. The molecule has 6 heteroatoms. The number of hydrogen-bond acceptors (Lipinski definition) is 3. The highest BCUT2D eigenvalue weighted by Crippen LogP contribution is 2.23. The fraction of sp³-hybridized carbons (Fsp3) is 0.364. The maximum Gasteiger partial charge on any atom is 0.266 e. The molecule has 1 aliphatic heterocycles. The van der Waals surface area contributed by atoms with E-state index in [9.17, 15) is 10.1 Å². The first-order valence-electron chi connectivity index (χ1n) is 9.36. The quantitative estimate of drug-likeness (QED) is 0.529. The first-order valence-corrected chi connectivity index (χ1v) is 10.2. The number of halogens is 1. The van der Waals surface area contributed by atoms with Gasteiger partial charge in [-0.1, -0.05) is 15.9 Å². The number of rotatable bonds is 5. The van der Waals surface area contributed by atoms with Gasteiger partial charge < -0.3 is 14.6 Å². The Balaban J connectivity index is 1.82. The molecule has 28 heavy (non-hydrogen) atoms. The highest BCUT2D eigenvalue weighted by molar-refractivity contribution is 9.10. The van der Waals surface area contributed by atoms with Crippen LogP contribution in [0.15, 0.2) is 34.3 Å². The van der Waals surface area contributed by atoms with Crippen LogP contribution in [0.2, 0.25) is 0 Å². The van der Waals surface area contributed by atoms with Gasteiger partial charge in [0.05, 0.1) is 6.10 Å². The van der Waals surface area contributed by atoms with Crippen molar-refractivity contribution in [2.45, 2.75) is 46.3 Å². The number of nitriles is 1. The van der Waals surface area contributed by atoms with Crippen molar-refractivity contribution in [3.05, 3.63) is 56.8 Å². The lowest BCUT2D eigenvalue weighted by Gasteiger charge is -2.14. The molecule has 1 aromatic heterocycles. The number of carbonyl (C=O) groups excluding carboxylic acids is 1. The zero-order valence-electron chi connectivity index (χ0n) is 16.4. The number of nitrogens with one attached hydrogen (secondary N) is 1. The standard InChI is InChI=1S/C22H24BrN3O2/c1-14-9-19(23)6-7-21(14)25-22(27)18(12-24)11-17-10-15(2)26(16(17)3)13-20-5-4-8-28-20/h6-7,9-11,20H,4-5,8,13H2,1-3H3,(H,25,27)/b18-11+. The molecule has 0 spiro atoms. The summed E-state index contributed by atoms with van der Waals surface area (Å²) in [4.78, 5) is 12.6. The summed E-state index contributed by atoms with van der Waals surface area (Å²) in [6, 6.07) is 9.65.